The van der Waals surface area contributed by atoms with Crippen molar-refractivity contribution in [3.05, 3.63) is 65.9 Å². The first kappa shape index (κ1) is 27.8. The van der Waals surface area contributed by atoms with Gasteiger partial charge in [-0.05, 0) is 55.8 Å². The first-order valence-electron chi connectivity index (χ1n) is 14.3. The third kappa shape index (κ3) is 5.56. The minimum absolute atomic E-state index is 0.0397. The SMILES string of the molecule is COc1cc(C(=O)NC2CN(C(C)C)C2)ccc1-c1cc2nccc(-c3ccc(OC4CCOCC4)c(C#N)c3)c2o1. The van der Waals surface area contributed by atoms with Crippen LogP contribution in [0.25, 0.3) is 33.6 Å². The van der Waals surface area contributed by atoms with Gasteiger partial charge < -0.3 is 23.9 Å². The smallest absolute Gasteiger partial charge is 0.251 e. The standard InChI is InChI=1S/C33H34N4O5/c1-20(2)37-18-24(19-37)36-33(38)22-4-6-27(30(15-22)39-3)31-16-28-32(42-31)26(8-11-35-28)21-5-7-29(23(14-21)17-34)41-25-9-12-40-13-10-25/h4-8,11,14-16,20,24-25H,9-10,12-13,18-19H2,1-3H3,(H,36,38). The number of nitriles is 1. The Bertz CT molecular complexity index is 1640. The molecule has 9 nitrogen and oxygen atoms in total. The molecule has 2 aliphatic rings. The van der Waals surface area contributed by atoms with E-state index in [1.807, 2.05) is 36.4 Å². The average Bonchev–Trinajstić information content (AvgIpc) is 3.43. The summed E-state index contributed by atoms with van der Waals surface area (Å²) in [6, 6.07) is 17.6. The van der Waals surface area contributed by atoms with Gasteiger partial charge in [0, 0.05) is 55.4 Å². The largest absolute Gasteiger partial charge is 0.496 e. The van der Waals surface area contributed by atoms with Crippen LogP contribution in [0.3, 0.4) is 0 Å². The number of carbonyl (C=O) groups is 1. The summed E-state index contributed by atoms with van der Waals surface area (Å²) >= 11 is 0. The van der Waals surface area contributed by atoms with Crippen molar-refractivity contribution in [2.24, 2.45) is 0 Å². The van der Waals surface area contributed by atoms with Gasteiger partial charge in [0.05, 0.1) is 37.5 Å². The monoisotopic (exact) mass is 566 g/mol. The van der Waals surface area contributed by atoms with E-state index in [4.69, 9.17) is 18.6 Å². The molecule has 2 saturated heterocycles. The van der Waals surface area contributed by atoms with Crippen molar-refractivity contribution in [1.29, 1.82) is 5.26 Å². The molecule has 4 aromatic rings. The van der Waals surface area contributed by atoms with Crippen molar-refractivity contribution in [2.75, 3.05) is 33.4 Å². The van der Waals surface area contributed by atoms with E-state index < -0.39 is 0 Å². The van der Waals surface area contributed by atoms with Crippen molar-refractivity contribution in [3.8, 4) is 40.0 Å². The second-order valence-electron chi connectivity index (χ2n) is 11.1. The van der Waals surface area contributed by atoms with Crippen molar-refractivity contribution < 1.29 is 23.4 Å². The van der Waals surface area contributed by atoms with Crippen LogP contribution in [0.2, 0.25) is 0 Å². The lowest BCUT2D eigenvalue weighted by atomic mass is 10.0. The molecule has 0 spiro atoms. The summed E-state index contributed by atoms with van der Waals surface area (Å²) in [5.74, 6) is 1.55. The van der Waals surface area contributed by atoms with E-state index in [9.17, 15) is 10.1 Å². The fourth-order valence-electron chi connectivity index (χ4n) is 5.49. The Morgan fingerprint density at radius 1 is 1.07 bits per heavy atom. The number of methoxy groups -OCH3 is 1. The van der Waals surface area contributed by atoms with Crippen LogP contribution in [0.15, 0.2) is 59.1 Å². The summed E-state index contributed by atoms with van der Waals surface area (Å²) < 4.78 is 23.6. The molecule has 1 N–H and O–H groups in total. The number of likely N-dealkylation sites (tertiary alicyclic amines) is 1. The Kier molecular flexibility index (Phi) is 7.83. The minimum Gasteiger partial charge on any atom is -0.496 e. The van der Waals surface area contributed by atoms with Gasteiger partial charge >= 0.3 is 0 Å². The number of fused-ring (bicyclic) bond motifs is 1. The molecule has 0 saturated carbocycles. The first-order chi connectivity index (χ1) is 20.4. The van der Waals surface area contributed by atoms with Gasteiger partial charge in [0.15, 0.2) is 5.58 Å². The van der Waals surface area contributed by atoms with Crippen LogP contribution in [0.5, 0.6) is 11.5 Å². The molecule has 0 bridgehead atoms. The zero-order valence-electron chi connectivity index (χ0n) is 24.1. The average molecular weight is 567 g/mol. The predicted octanol–water partition coefficient (Wildman–Crippen LogP) is 5.42. The Morgan fingerprint density at radius 3 is 2.62 bits per heavy atom. The van der Waals surface area contributed by atoms with Gasteiger partial charge in [0.2, 0.25) is 0 Å². The number of rotatable bonds is 8. The maximum absolute atomic E-state index is 12.9. The Labute approximate surface area is 245 Å². The van der Waals surface area contributed by atoms with Gasteiger partial charge in [0.1, 0.15) is 34.9 Å². The van der Waals surface area contributed by atoms with E-state index in [2.05, 4.69) is 35.1 Å². The van der Waals surface area contributed by atoms with Crippen LogP contribution in [0.4, 0.5) is 0 Å². The maximum atomic E-state index is 12.9. The number of hydrogen-bond donors (Lipinski definition) is 1. The maximum Gasteiger partial charge on any atom is 0.251 e. The highest BCUT2D eigenvalue weighted by Crippen LogP contribution is 2.38. The zero-order valence-corrected chi connectivity index (χ0v) is 24.1. The summed E-state index contributed by atoms with van der Waals surface area (Å²) in [6.45, 7) is 7.35. The van der Waals surface area contributed by atoms with E-state index in [-0.39, 0.29) is 18.1 Å². The number of aromatic nitrogens is 1. The van der Waals surface area contributed by atoms with E-state index in [0.717, 1.165) is 37.1 Å². The van der Waals surface area contributed by atoms with Crippen LogP contribution in [-0.2, 0) is 4.74 Å². The fraction of sp³-hybridized carbons (Fsp3) is 0.364. The number of amides is 1. The molecule has 9 heteroatoms. The number of pyridine rings is 1. The highest BCUT2D eigenvalue weighted by molar-refractivity contribution is 5.97. The molecular weight excluding hydrogens is 532 g/mol. The Hall–Kier alpha value is -4.39. The lowest BCUT2D eigenvalue weighted by Gasteiger charge is -2.42. The molecule has 6 rings (SSSR count). The summed E-state index contributed by atoms with van der Waals surface area (Å²) in [4.78, 5) is 19.7. The van der Waals surface area contributed by atoms with Crippen LogP contribution in [0.1, 0.15) is 42.6 Å². The molecule has 0 unspecified atom stereocenters. The van der Waals surface area contributed by atoms with Gasteiger partial charge in [-0.2, -0.15) is 5.26 Å². The number of nitrogens with one attached hydrogen (secondary N) is 1. The van der Waals surface area contributed by atoms with Gasteiger partial charge in [-0.1, -0.05) is 6.07 Å². The number of ether oxygens (including phenoxy) is 3. The molecule has 42 heavy (non-hydrogen) atoms. The number of benzene rings is 2. The van der Waals surface area contributed by atoms with Crippen LogP contribution in [-0.4, -0.2) is 67.4 Å². The number of nitrogens with zero attached hydrogens (tertiary/aromatic N) is 3. The van der Waals surface area contributed by atoms with Crippen LogP contribution in [0, 0.1) is 11.3 Å². The molecule has 2 aliphatic heterocycles. The molecule has 0 aliphatic carbocycles. The van der Waals surface area contributed by atoms with Gasteiger partial charge in [-0.3, -0.25) is 14.7 Å². The van der Waals surface area contributed by atoms with E-state index in [1.165, 1.54) is 0 Å². The van der Waals surface area contributed by atoms with E-state index in [0.29, 0.717) is 64.3 Å². The lowest BCUT2D eigenvalue weighted by Crippen LogP contribution is -2.61. The van der Waals surface area contributed by atoms with Gasteiger partial charge in [0.25, 0.3) is 5.91 Å². The third-order valence-electron chi connectivity index (χ3n) is 7.99. The highest BCUT2D eigenvalue weighted by atomic mass is 16.5. The van der Waals surface area contributed by atoms with E-state index in [1.54, 1.807) is 25.4 Å². The summed E-state index contributed by atoms with van der Waals surface area (Å²) in [6.07, 6.45) is 3.37. The van der Waals surface area contributed by atoms with Crippen molar-refractivity contribution >= 4 is 17.0 Å². The zero-order chi connectivity index (χ0) is 29.2. The second-order valence-corrected chi connectivity index (χ2v) is 11.1. The molecule has 2 aromatic heterocycles. The molecule has 4 heterocycles. The topological polar surface area (TPSA) is 110 Å². The van der Waals surface area contributed by atoms with Gasteiger partial charge in [-0.25, -0.2) is 0 Å². The normalized spacial score (nSPS) is 16.3. The summed E-state index contributed by atoms with van der Waals surface area (Å²) in [5.41, 5.74) is 4.61. The van der Waals surface area contributed by atoms with Gasteiger partial charge in [-0.15, -0.1) is 0 Å². The lowest BCUT2D eigenvalue weighted by molar-refractivity contribution is 0.0254. The van der Waals surface area contributed by atoms with Crippen molar-refractivity contribution in [3.63, 3.8) is 0 Å². The minimum atomic E-state index is -0.126. The van der Waals surface area contributed by atoms with Crippen LogP contribution < -0.4 is 14.8 Å². The quantitative estimate of drug-likeness (QED) is 0.301. The molecule has 2 fully saturated rings. The van der Waals surface area contributed by atoms with Crippen molar-refractivity contribution in [1.82, 2.24) is 15.2 Å². The number of carbonyl (C=O) groups excluding carboxylic acids is 1. The van der Waals surface area contributed by atoms with Crippen molar-refractivity contribution in [2.45, 2.75) is 44.9 Å². The van der Waals surface area contributed by atoms with Crippen LogP contribution >= 0.6 is 0 Å². The fourth-order valence-corrected chi connectivity index (χ4v) is 5.49. The first-order valence-corrected chi connectivity index (χ1v) is 14.3. The molecule has 0 radical (unpaired) electrons. The van der Waals surface area contributed by atoms with E-state index >= 15 is 0 Å². The molecule has 0 atom stereocenters. The summed E-state index contributed by atoms with van der Waals surface area (Å²) in [7, 11) is 1.58. The number of furan rings is 1. The molecule has 1 amide bonds. The number of hydrogen-bond acceptors (Lipinski definition) is 8. The Balaban J connectivity index is 1.25. The second kappa shape index (κ2) is 11.8. The Morgan fingerprint density at radius 2 is 1.88 bits per heavy atom. The molecule has 216 valence electrons. The predicted molar refractivity (Wildman–Crippen MR) is 159 cm³/mol. The highest BCUT2D eigenvalue weighted by Gasteiger charge is 2.30. The molecular formula is C33H34N4O5. The third-order valence-corrected chi connectivity index (χ3v) is 7.99. The molecule has 2 aromatic carbocycles. The summed E-state index contributed by atoms with van der Waals surface area (Å²) in [5, 5.41) is 13.0.